The molecule has 11 atom stereocenters. The van der Waals surface area contributed by atoms with Gasteiger partial charge in [0.1, 0.15) is 6.10 Å². The van der Waals surface area contributed by atoms with Crippen molar-refractivity contribution in [2.24, 2.45) is 61.7 Å². The monoisotopic (exact) mass is 537 g/mol. The van der Waals surface area contributed by atoms with E-state index in [1.54, 1.807) is 6.92 Å². The molecule has 0 saturated heterocycles. The molecule has 0 spiro atoms. The van der Waals surface area contributed by atoms with Gasteiger partial charge in [-0.05, 0) is 110 Å². The molecule has 1 amide bonds. The second kappa shape index (κ2) is 8.96. The van der Waals surface area contributed by atoms with Gasteiger partial charge in [0, 0.05) is 12.8 Å². The number of rotatable bonds is 2. The molecule has 6 nitrogen and oxygen atoms in total. The van der Waals surface area contributed by atoms with Gasteiger partial charge >= 0.3 is 5.97 Å². The maximum absolute atomic E-state index is 14.5. The Labute approximate surface area is 233 Å². The highest BCUT2D eigenvalue weighted by Gasteiger charge is 2.72. The fraction of sp³-hybridized carbons (Fsp3) is 0.818. The van der Waals surface area contributed by atoms with Gasteiger partial charge in [-0.1, -0.05) is 47.1 Å². The number of isocyanates is 1. The van der Waals surface area contributed by atoms with Crippen LogP contribution in [0.15, 0.2) is 16.6 Å². The molecule has 4 fully saturated rings. The van der Waals surface area contributed by atoms with E-state index in [0.29, 0.717) is 30.6 Å². The quantitative estimate of drug-likeness (QED) is 0.224. The van der Waals surface area contributed by atoms with Crippen LogP contribution in [0, 0.1) is 56.7 Å². The van der Waals surface area contributed by atoms with Crippen molar-refractivity contribution in [3.63, 3.8) is 0 Å². The highest BCUT2D eigenvalue weighted by Crippen LogP contribution is 2.75. The van der Waals surface area contributed by atoms with Crippen LogP contribution in [0.2, 0.25) is 0 Å². The number of carbonyl (C=O) groups excluding carboxylic acids is 4. The smallest absolute Gasteiger partial charge is 0.302 e. The van der Waals surface area contributed by atoms with Crippen LogP contribution >= 0.6 is 0 Å². The molecule has 0 bridgehead atoms. The van der Waals surface area contributed by atoms with Crippen LogP contribution in [0.1, 0.15) is 107 Å². The summed E-state index contributed by atoms with van der Waals surface area (Å²) in [6, 6.07) is 0. The number of carbonyl (C=O) groups is 3. The summed E-state index contributed by atoms with van der Waals surface area (Å²) >= 11 is 0. The van der Waals surface area contributed by atoms with Crippen LogP contribution in [0.25, 0.3) is 0 Å². The number of allylic oxidation sites excluding steroid dienone is 2. The normalized spacial score (nSPS) is 50.7. The van der Waals surface area contributed by atoms with E-state index in [-0.39, 0.29) is 33.9 Å². The third kappa shape index (κ3) is 3.62. The van der Waals surface area contributed by atoms with Crippen LogP contribution in [0.3, 0.4) is 0 Å². The van der Waals surface area contributed by atoms with Gasteiger partial charge in [-0.25, -0.2) is 4.79 Å². The van der Waals surface area contributed by atoms with Crippen LogP contribution < -0.4 is 0 Å². The van der Waals surface area contributed by atoms with Gasteiger partial charge in [0.05, 0.1) is 5.41 Å². The Balaban J connectivity index is 1.63. The number of hydrogen-bond acceptors (Lipinski definition) is 5. The maximum Gasteiger partial charge on any atom is 0.302 e. The molecule has 5 rings (SSSR count). The van der Waals surface area contributed by atoms with E-state index in [4.69, 9.17) is 4.74 Å². The van der Waals surface area contributed by atoms with Crippen molar-refractivity contribution in [1.29, 1.82) is 0 Å². The zero-order valence-electron chi connectivity index (χ0n) is 25.2. The number of esters is 1. The minimum absolute atomic E-state index is 0.0941. The lowest BCUT2D eigenvalue weighted by molar-refractivity contribution is -0.213. The number of ether oxygens (including phenoxy) is 1. The Morgan fingerprint density at radius 2 is 1.67 bits per heavy atom. The number of amides is 1. The first-order valence-electron chi connectivity index (χ1n) is 15.2. The van der Waals surface area contributed by atoms with Gasteiger partial charge in [0.25, 0.3) is 5.91 Å². The van der Waals surface area contributed by atoms with E-state index in [1.807, 2.05) is 0 Å². The van der Waals surface area contributed by atoms with Crippen molar-refractivity contribution in [3.05, 3.63) is 11.6 Å². The number of hydrogen-bond donors (Lipinski definition) is 0. The second-order valence-corrected chi connectivity index (χ2v) is 15.2. The van der Waals surface area contributed by atoms with Crippen molar-refractivity contribution in [2.75, 3.05) is 0 Å². The first-order valence-corrected chi connectivity index (χ1v) is 15.2. The Morgan fingerprint density at radius 1 is 0.974 bits per heavy atom. The van der Waals surface area contributed by atoms with Gasteiger partial charge in [-0.15, -0.1) is 4.99 Å². The molecule has 3 unspecified atom stereocenters. The molecule has 4 saturated carbocycles. The largest absolute Gasteiger partial charge is 0.461 e. The van der Waals surface area contributed by atoms with E-state index in [1.165, 1.54) is 37.8 Å². The lowest BCUT2D eigenvalue weighted by Gasteiger charge is -2.70. The third-order valence-corrected chi connectivity index (χ3v) is 13.7. The molecule has 39 heavy (non-hydrogen) atoms. The molecule has 0 N–H and O–H groups in total. The summed E-state index contributed by atoms with van der Waals surface area (Å²) in [5.74, 6) is 0.269. The Morgan fingerprint density at radius 3 is 2.31 bits per heavy atom. The number of ketones is 1. The minimum atomic E-state index is -1.18. The molecule has 0 radical (unpaired) electrons. The lowest BCUT2D eigenvalue weighted by atomic mass is 9.33. The first kappa shape index (κ1) is 28.5. The van der Waals surface area contributed by atoms with Crippen LogP contribution in [0.5, 0.6) is 0 Å². The van der Waals surface area contributed by atoms with Crippen molar-refractivity contribution in [1.82, 2.24) is 0 Å². The lowest BCUT2D eigenvalue weighted by Crippen LogP contribution is -2.68. The van der Waals surface area contributed by atoms with E-state index in [0.717, 1.165) is 19.3 Å². The summed E-state index contributed by atoms with van der Waals surface area (Å²) in [5.41, 5.74) is -0.376. The average molecular weight is 538 g/mol. The summed E-state index contributed by atoms with van der Waals surface area (Å²) in [6.07, 6.45) is 10.2. The SMILES string of the molecule is CC(=O)O[C@@H]1CC[C@@]2(C)C(CC[C@]3(C)C2C(=O)C=C2C4[C@@H](C)[C@H](C)CC[C@]4(C)CC[C@]23C)[C@@]1(C)C(=O)N=C=O. The standard InChI is InChI=1S/C33H47NO5/c1-19-9-12-29(4)15-16-31(6)22(26(29)20(19)2)17-23(37)27-30(5)13-11-25(39-21(3)36)33(8,28(38)34-18-35)24(30)10-14-32(27,31)7/h17,19-20,24-27H,9-16H2,1-8H3/t19-,20+,24?,25-,26?,27?,29-,30+,31-,32-,33-/m1/s1. The topological polar surface area (TPSA) is 89.9 Å². The van der Waals surface area contributed by atoms with E-state index in [2.05, 4.69) is 52.6 Å². The summed E-state index contributed by atoms with van der Waals surface area (Å²) in [6.45, 7) is 17.3. The maximum atomic E-state index is 14.5. The summed E-state index contributed by atoms with van der Waals surface area (Å²) in [5, 5.41) is 0. The zero-order valence-corrected chi connectivity index (χ0v) is 25.2. The molecular formula is C33H47NO5. The van der Waals surface area contributed by atoms with Crippen molar-refractivity contribution in [2.45, 2.75) is 113 Å². The van der Waals surface area contributed by atoms with Crippen LogP contribution in [0.4, 0.5) is 0 Å². The molecule has 0 aromatic carbocycles. The van der Waals surface area contributed by atoms with Crippen LogP contribution in [-0.2, 0) is 23.9 Å². The van der Waals surface area contributed by atoms with Gasteiger partial charge in [0.2, 0.25) is 6.08 Å². The molecule has 0 heterocycles. The Hall–Kier alpha value is -2.07. The highest BCUT2D eigenvalue weighted by molar-refractivity contribution is 5.96. The Bertz CT molecular complexity index is 1180. The third-order valence-electron chi connectivity index (χ3n) is 13.7. The molecular weight excluding hydrogens is 490 g/mol. The fourth-order valence-corrected chi connectivity index (χ4v) is 11.2. The molecule has 0 aromatic heterocycles. The first-order chi connectivity index (χ1) is 18.1. The van der Waals surface area contributed by atoms with Gasteiger partial charge in [-0.2, -0.15) is 0 Å². The summed E-state index contributed by atoms with van der Waals surface area (Å²) in [4.78, 5) is 54.8. The molecule has 5 aliphatic carbocycles. The molecule has 0 aromatic rings. The molecule has 214 valence electrons. The van der Waals surface area contributed by atoms with Crippen molar-refractivity contribution < 1.29 is 23.9 Å². The van der Waals surface area contributed by atoms with Crippen molar-refractivity contribution >= 4 is 23.7 Å². The van der Waals surface area contributed by atoms with Gasteiger partial charge in [0.15, 0.2) is 5.78 Å². The van der Waals surface area contributed by atoms with E-state index < -0.39 is 28.8 Å². The molecule has 6 heteroatoms. The summed E-state index contributed by atoms with van der Waals surface area (Å²) in [7, 11) is 0. The minimum Gasteiger partial charge on any atom is -0.461 e. The second-order valence-electron chi connectivity index (χ2n) is 15.2. The van der Waals surface area contributed by atoms with Gasteiger partial charge in [-0.3, -0.25) is 14.4 Å². The van der Waals surface area contributed by atoms with Crippen molar-refractivity contribution in [3.8, 4) is 0 Å². The average Bonchev–Trinajstić information content (AvgIpc) is 2.85. The predicted molar refractivity (Wildman–Crippen MR) is 148 cm³/mol. The number of fused-ring (bicyclic) bond motifs is 7. The van der Waals surface area contributed by atoms with E-state index >= 15 is 0 Å². The highest BCUT2D eigenvalue weighted by atomic mass is 16.5. The summed E-state index contributed by atoms with van der Waals surface area (Å²) < 4.78 is 5.71. The fourth-order valence-electron chi connectivity index (χ4n) is 11.2. The van der Waals surface area contributed by atoms with E-state index in [9.17, 15) is 19.2 Å². The number of nitrogens with zero attached hydrogens (tertiary/aromatic N) is 1. The Kier molecular flexibility index (Phi) is 6.54. The zero-order chi connectivity index (χ0) is 28.8. The van der Waals surface area contributed by atoms with Crippen LogP contribution in [-0.4, -0.2) is 29.8 Å². The number of aliphatic imine (C=N–C) groups is 1. The predicted octanol–water partition coefficient (Wildman–Crippen LogP) is 6.62. The molecule has 5 aliphatic rings. The van der Waals surface area contributed by atoms with Gasteiger partial charge < -0.3 is 4.74 Å². The molecule has 0 aliphatic heterocycles.